The fourth-order valence-corrected chi connectivity index (χ4v) is 4.12. The maximum atomic E-state index is 11.1. The normalized spacial score (nSPS) is 23.9. The van der Waals surface area contributed by atoms with E-state index in [2.05, 4.69) is 4.90 Å². The molecule has 0 spiro atoms. The number of hydrogen-bond acceptors (Lipinski definition) is 5. The van der Waals surface area contributed by atoms with E-state index in [1.807, 2.05) is 0 Å². The van der Waals surface area contributed by atoms with E-state index < -0.39 is 10.0 Å². The van der Waals surface area contributed by atoms with Gasteiger partial charge in [0, 0.05) is 18.6 Å². The third-order valence-electron chi connectivity index (χ3n) is 5.21. The molecular formula is C15H31N3O3S. The predicted molar refractivity (Wildman–Crippen MR) is 88.0 cm³/mol. The number of morpholine rings is 1. The zero-order valence-electron chi connectivity index (χ0n) is 13.5. The molecule has 1 aliphatic heterocycles. The first-order valence-corrected chi connectivity index (χ1v) is 10.2. The Morgan fingerprint density at radius 3 is 2.32 bits per heavy atom. The first kappa shape index (κ1) is 18.1. The Kier molecular flexibility index (Phi) is 6.64. The van der Waals surface area contributed by atoms with E-state index in [1.165, 1.54) is 19.3 Å². The van der Waals surface area contributed by atoms with E-state index in [1.54, 1.807) is 0 Å². The SMILES string of the molecule is NC(CCCN1CCOCC1)(CCCS(N)(=O)=O)C1CCC1. The Labute approximate surface area is 134 Å². The molecule has 7 heteroatoms. The molecule has 4 N–H and O–H groups in total. The minimum Gasteiger partial charge on any atom is -0.379 e. The van der Waals surface area contributed by atoms with Gasteiger partial charge >= 0.3 is 0 Å². The lowest BCUT2D eigenvalue weighted by atomic mass is 9.67. The number of sulfonamides is 1. The van der Waals surface area contributed by atoms with Crippen LogP contribution in [0.25, 0.3) is 0 Å². The molecule has 2 aliphatic rings. The van der Waals surface area contributed by atoms with Crippen LogP contribution in [0.2, 0.25) is 0 Å². The van der Waals surface area contributed by atoms with Gasteiger partial charge in [-0.2, -0.15) is 0 Å². The summed E-state index contributed by atoms with van der Waals surface area (Å²) in [5.74, 6) is 0.597. The number of hydrogen-bond donors (Lipinski definition) is 2. The summed E-state index contributed by atoms with van der Waals surface area (Å²) < 4.78 is 27.6. The van der Waals surface area contributed by atoms with Crippen LogP contribution >= 0.6 is 0 Å². The molecule has 0 amide bonds. The van der Waals surface area contributed by atoms with Gasteiger partial charge in [0.05, 0.1) is 19.0 Å². The second-order valence-electron chi connectivity index (χ2n) is 6.89. The summed E-state index contributed by atoms with van der Waals surface area (Å²) in [6.07, 6.45) is 7.00. The van der Waals surface area contributed by atoms with Crippen molar-refractivity contribution < 1.29 is 13.2 Å². The maximum absolute atomic E-state index is 11.1. The molecule has 1 saturated carbocycles. The average molecular weight is 333 g/mol. The second-order valence-corrected chi connectivity index (χ2v) is 8.62. The van der Waals surface area contributed by atoms with Gasteiger partial charge in [-0.25, -0.2) is 13.6 Å². The molecule has 1 atom stereocenters. The molecule has 0 aromatic carbocycles. The Morgan fingerprint density at radius 2 is 1.77 bits per heavy atom. The van der Waals surface area contributed by atoms with Gasteiger partial charge in [0.2, 0.25) is 10.0 Å². The first-order valence-electron chi connectivity index (χ1n) is 8.48. The van der Waals surface area contributed by atoms with Gasteiger partial charge in [-0.05, 0) is 51.0 Å². The summed E-state index contributed by atoms with van der Waals surface area (Å²) >= 11 is 0. The van der Waals surface area contributed by atoms with Crippen molar-refractivity contribution in [2.24, 2.45) is 16.8 Å². The van der Waals surface area contributed by atoms with Crippen molar-refractivity contribution in [2.45, 2.75) is 50.5 Å². The molecule has 0 aromatic heterocycles. The highest BCUT2D eigenvalue weighted by atomic mass is 32.2. The van der Waals surface area contributed by atoms with Crippen LogP contribution in [-0.2, 0) is 14.8 Å². The van der Waals surface area contributed by atoms with Gasteiger partial charge in [0.15, 0.2) is 0 Å². The monoisotopic (exact) mass is 333 g/mol. The zero-order valence-corrected chi connectivity index (χ0v) is 14.3. The Morgan fingerprint density at radius 1 is 1.14 bits per heavy atom. The molecule has 1 heterocycles. The third kappa shape index (κ3) is 5.77. The quantitative estimate of drug-likeness (QED) is 0.646. The van der Waals surface area contributed by atoms with E-state index >= 15 is 0 Å². The molecule has 2 fully saturated rings. The summed E-state index contributed by atoms with van der Waals surface area (Å²) in [6, 6.07) is 0. The molecule has 130 valence electrons. The fraction of sp³-hybridized carbons (Fsp3) is 1.00. The summed E-state index contributed by atoms with van der Waals surface area (Å²) in [4.78, 5) is 2.43. The van der Waals surface area contributed by atoms with Crippen molar-refractivity contribution in [1.82, 2.24) is 4.90 Å². The van der Waals surface area contributed by atoms with Crippen LogP contribution in [0.5, 0.6) is 0 Å². The summed E-state index contributed by atoms with van der Waals surface area (Å²) in [7, 11) is -3.38. The first-order chi connectivity index (χ1) is 10.4. The van der Waals surface area contributed by atoms with Crippen molar-refractivity contribution in [2.75, 3.05) is 38.6 Å². The molecule has 0 radical (unpaired) electrons. The highest BCUT2D eigenvalue weighted by molar-refractivity contribution is 7.89. The van der Waals surface area contributed by atoms with Crippen LogP contribution in [0.1, 0.15) is 44.9 Å². The number of ether oxygens (including phenoxy) is 1. The minimum atomic E-state index is -3.38. The topological polar surface area (TPSA) is 98.6 Å². The fourth-order valence-electron chi connectivity index (χ4n) is 3.58. The maximum Gasteiger partial charge on any atom is 0.209 e. The van der Waals surface area contributed by atoms with Gasteiger partial charge < -0.3 is 10.5 Å². The van der Waals surface area contributed by atoms with Crippen molar-refractivity contribution in [3.8, 4) is 0 Å². The average Bonchev–Trinajstić information content (AvgIpc) is 2.36. The summed E-state index contributed by atoms with van der Waals surface area (Å²) in [5, 5.41) is 5.10. The van der Waals surface area contributed by atoms with Crippen LogP contribution in [0.4, 0.5) is 0 Å². The molecule has 0 aromatic rings. The molecular weight excluding hydrogens is 302 g/mol. The molecule has 1 unspecified atom stereocenters. The minimum absolute atomic E-state index is 0.0438. The lowest BCUT2D eigenvalue weighted by Crippen LogP contribution is -2.50. The second kappa shape index (κ2) is 8.06. The Hall–Kier alpha value is -0.210. The Balaban J connectivity index is 1.77. The zero-order chi connectivity index (χ0) is 16.1. The highest BCUT2D eigenvalue weighted by Crippen LogP contribution is 2.39. The van der Waals surface area contributed by atoms with E-state index in [0.717, 1.165) is 52.1 Å². The van der Waals surface area contributed by atoms with Gasteiger partial charge in [-0.15, -0.1) is 0 Å². The number of nitrogens with zero attached hydrogens (tertiary/aromatic N) is 1. The number of nitrogens with two attached hydrogens (primary N) is 2. The van der Waals surface area contributed by atoms with Crippen molar-refractivity contribution in [3.63, 3.8) is 0 Å². The van der Waals surface area contributed by atoms with Crippen LogP contribution in [0.3, 0.4) is 0 Å². The van der Waals surface area contributed by atoms with E-state index in [9.17, 15) is 8.42 Å². The van der Waals surface area contributed by atoms with Gasteiger partial charge in [0.1, 0.15) is 0 Å². The molecule has 1 saturated heterocycles. The summed E-state index contributed by atoms with van der Waals surface area (Å²) in [5.41, 5.74) is 6.46. The van der Waals surface area contributed by atoms with E-state index in [4.69, 9.17) is 15.6 Å². The van der Waals surface area contributed by atoms with E-state index in [0.29, 0.717) is 12.3 Å². The van der Waals surface area contributed by atoms with Crippen molar-refractivity contribution in [1.29, 1.82) is 0 Å². The van der Waals surface area contributed by atoms with Gasteiger partial charge in [-0.1, -0.05) is 6.42 Å². The van der Waals surface area contributed by atoms with Crippen LogP contribution in [0, 0.1) is 5.92 Å². The number of primary sulfonamides is 1. The lowest BCUT2D eigenvalue weighted by Gasteiger charge is -2.43. The third-order valence-corrected chi connectivity index (χ3v) is 6.07. The number of rotatable bonds is 9. The predicted octanol–water partition coefficient (Wildman–Crippen LogP) is 0.665. The Bertz CT molecular complexity index is 433. The van der Waals surface area contributed by atoms with Crippen molar-refractivity contribution in [3.05, 3.63) is 0 Å². The van der Waals surface area contributed by atoms with Crippen molar-refractivity contribution >= 4 is 10.0 Å². The highest BCUT2D eigenvalue weighted by Gasteiger charge is 2.37. The molecule has 0 bridgehead atoms. The largest absolute Gasteiger partial charge is 0.379 e. The summed E-state index contributed by atoms with van der Waals surface area (Å²) in [6.45, 7) is 4.72. The molecule has 2 rings (SSSR count). The molecule has 22 heavy (non-hydrogen) atoms. The van der Waals surface area contributed by atoms with Crippen LogP contribution in [-0.4, -0.2) is 57.5 Å². The van der Waals surface area contributed by atoms with Gasteiger partial charge in [-0.3, -0.25) is 4.90 Å². The van der Waals surface area contributed by atoms with E-state index in [-0.39, 0.29) is 11.3 Å². The van der Waals surface area contributed by atoms with Crippen LogP contribution in [0.15, 0.2) is 0 Å². The lowest BCUT2D eigenvalue weighted by molar-refractivity contribution is 0.0349. The van der Waals surface area contributed by atoms with Crippen LogP contribution < -0.4 is 10.9 Å². The smallest absolute Gasteiger partial charge is 0.209 e. The standard InChI is InChI=1S/C15H31N3O3S/c16-15(14-4-1-5-14,7-3-13-22(17,19)20)6-2-8-18-9-11-21-12-10-18/h14H,1-13,16H2,(H2,17,19,20). The molecule has 6 nitrogen and oxygen atoms in total. The van der Waals surface area contributed by atoms with Gasteiger partial charge in [0.25, 0.3) is 0 Å². The molecule has 1 aliphatic carbocycles.